The van der Waals surface area contributed by atoms with E-state index in [1.54, 1.807) is 30.2 Å². The molecule has 158 valence electrons. The Morgan fingerprint density at radius 2 is 1.90 bits per heavy atom. The van der Waals surface area contributed by atoms with Crippen molar-refractivity contribution in [2.45, 2.75) is 39.1 Å². The van der Waals surface area contributed by atoms with Crippen LogP contribution in [-0.2, 0) is 6.54 Å². The van der Waals surface area contributed by atoms with E-state index in [0.29, 0.717) is 10.0 Å². The van der Waals surface area contributed by atoms with Crippen LogP contribution < -0.4 is 0 Å². The van der Waals surface area contributed by atoms with Crippen LogP contribution in [0.15, 0.2) is 68.5 Å². The van der Waals surface area contributed by atoms with Crippen LogP contribution in [0.1, 0.15) is 31.9 Å². The lowest BCUT2D eigenvalue weighted by Crippen LogP contribution is -2.30. The molecule has 2 aromatic rings. The van der Waals surface area contributed by atoms with Gasteiger partial charge in [0.1, 0.15) is 6.54 Å². The standard InChI is InChI=1S/C23H25Cl2N3OS/c1-14(2)22-19(11-27-29)16(4)28(12-17-5-7-26-8-6-17)13-21(22)30-23-15(3)9-18(24)10-20(23)25/h5-10,14H,11-13H2,1-4H3. The molecule has 0 spiro atoms. The van der Waals surface area contributed by atoms with E-state index in [2.05, 4.69) is 35.8 Å². The van der Waals surface area contributed by atoms with Gasteiger partial charge in [0.2, 0.25) is 0 Å². The summed E-state index contributed by atoms with van der Waals surface area (Å²) < 4.78 is 0. The summed E-state index contributed by atoms with van der Waals surface area (Å²) in [5.41, 5.74) is 5.49. The second-order valence-corrected chi connectivity index (χ2v) is 9.64. The van der Waals surface area contributed by atoms with Crippen LogP contribution in [0.2, 0.25) is 10.0 Å². The molecule has 0 saturated heterocycles. The zero-order valence-corrected chi connectivity index (χ0v) is 19.9. The number of nitrogens with zero attached hydrogens (tertiary/aromatic N) is 3. The summed E-state index contributed by atoms with van der Waals surface area (Å²) in [6.45, 7) is 10.0. The van der Waals surface area contributed by atoms with E-state index in [4.69, 9.17) is 23.2 Å². The molecule has 30 heavy (non-hydrogen) atoms. The summed E-state index contributed by atoms with van der Waals surface area (Å²) in [6.07, 6.45) is 3.60. The first-order valence-electron chi connectivity index (χ1n) is 9.81. The molecule has 0 amide bonds. The number of thioether (sulfide) groups is 1. The predicted octanol–water partition coefficient (Wildman–Crippen LogP) is 7.26. The van der Waals surface area contributed by atoms with Crippen LogP contribution in [-0.4, -0.2) is 23.0 Å². The van der Waals surface area contributed by atoms with Crippen LogP contribution in [0.5, 0.6) is 0 Å². The third kappa shape index (κ3) is 5.08. The van der Waals surface area contributed by atoms with E-state index < -0.39 is 0 Å². The van der Waals surface area contributed by atoms with Crippen LogP contribution >= 0.6 is 35.0 Å². The highest BCUT2D eigenvalue weighted by atomic mass is 35.5. The number of hydrogen-bond acceptors (Lipinski definition) is 5. The molecule has 4 nitrogen and oxygen atoms in total. The number of allylic oxidation sites excluding steroid dienone is 1. The fourth-order valence-electron chi connectivity index (χ4n) is 3.78. The molecule has 0 unspecified atom stereocenters. The fraction of sp³-hybridized carbons (Fsp3) is 0.348. The molecule has 7 heteroatoms. The van der Waals surface area contributed by atoms with Crippen LogP contribution in [0.4, 0.5) is 0 Å². The van der Waals surface area contributed by atoms with E-state index >= 15 is 0 Å². The minimum absolute atomic E-state index is 0.156. The highest BCUT2D eigenvalue weighted by Gasteiger charge is 2.28. The summed E-state index contributed by atoms with van der Waals surface area (Å²) in [5.74, 6) is 0.258. The Labute approximate surface area is 192 Å². The second kappa shape index (κ2) is 9.99. The lowest BCUT2D eigenvalue weighted by atomic mass is 9.90. The van der Waals surface area contributed by atoms with E-state index in [-0.39, 0.29) is 12.5 Å². The third-order valence-corrected chi connectivity index (χ3v) is 7.18. The van der Waals surface area contributed by atoms with Gasteiger partial charge in [0.25, 0.3) is 0 Å². The average molecular weight is 462 g/mol. The maximum absolute atomic E-state index is 11.3. The topological polar surface area (TPSA) is 45.6 Å². The van der Waals surface area contributed by atoms with Gasteiger partial charge in [0.05, 0.1) is 5.02 Å². The third-order valence-electron chi connectivity index (χ3n) is 5.21. The number of halogens is 2. The minimum atomic E-state index is 0.156. The average Bonchev–Trinajstić information content (AvgIpc) is 2.68. The molecule has 0 atom stereocenters. The maximum Gasteiger partial charge on any atom is 0.108 e. The molecule has 1 aromatic carbocycles. The van der Waals surface area contributed by atoms with Crippen molar-refractivity contribution in [3.63, 3.8) is 0 Å². The Morgan fingerprint density at radius 3 is 2.50 bits per heavy atom. The van der Waals surface area contributed by atoms with Gasteiger partial charge in [-0.25, -0.2) is 0 Å². The van der Waals surface area contributed by atoms with Crippen molar-refractivity contribution in [2.75, 3.05) is 13.1 Å². The quantitative estimate of drug-likeness (QED) is 0.407. The van der Waals surface area contributed by atoms with Crippen LogP contribution in [0.25, 0.3) is 0 Å². The van der Waals surface area contributed by atoms with Gasteiger partial charge in [-0.15, -0.1) is 0 Å². The van der Waals surface area contributed by atoms with Gasteiger partial charge < -0.3 is 4.90 Å². The van der Waals surface area contributed by atoms with Gasteiger partial charge in [-0.3, -0.25) is 4.98 Å². The molecule has 1 aliphatic heterocycles. The molecular formula is C23H25Cl2N3OS. The maximum atomic E-state index is 11.3. The lowest BCUT2D eigenvalue weighted by Gasteiger charge is -2.36. The first-order chi connectivity index (χ1) is 14.3. The zero-order valence-electron chi connectivity index (χ0n) is 17.6. The van der Waals surface area contributed by atoms with E-state index in [9.17, 15) is 4.91 Å². The summed E-state index contributed by atoms with van der Waals surface area (Å²) in [7, 11) is 0. The number of aryl methyl sites for hydroxylation is 1. The molecule has 3 rings (SSSR count). The number of hydrogen-bond donors (Lipinski definition) is 0. The van der Waals surface area contributed by atoms with Crippen molar-refractivity contribution in [1.82, 2.24) is 9.88 Å². The number of rotatable bonds is 7. The fourth-order valence-corrected chi connectivity index (χ4v) is 5.80. The molecule has 0 bridgehead atoms. The van der Waals surface area contributed by atoms with Crippen molar-refractivity contribution < 1.29 is 0 Å². The van der Waals surface area contributed by atoms with Crippen molar-refractivity contribution in [2.24, 2.45) is 11.1 Å². The summed E-state index contributed by atoms with van der Waals surface area (Å²) in [5, 5.41) is 4.51. The predicted molar refractivity (Wildman–Crippen MR) is 127 cm³/mol. The summed E-state index contributed by atoms with van der Waals surface area (Å²) >= 11 is 14.4. The van der Waals surface area contributed by atoms with Crippen molar-refractivity contribution in [3.05, 3.63) is 84.5 Å². The van der Waals surface area contributed by atoms with Gasteiger partial charge in [0, 0.05) is 51.6 Å². The Hall–Kier alpha value is -1.82. The number of benzene rings is 1. The van der Waals surface area contributed by atoms with Crippen LogP contribution in [0, 0.1) is 17.7 Å². The molecule has 2 heterocycles. The van der Waals surface area contributed by atoms with E-state index in [0.717, 1.165) is 34.8 Å². The molecular weight excluding hydrogens is 437 g/mol. The molecule has 0 fully saturated rings. The number of nitroso groups, excluding NO2 is 1. The first kappa shape index (κ1) is 22.9. The van der Waals surface area contributed by atoms with Gasteiger partial charge in [-0.05, 0) is 60.7 Å². The normalized spacial score (nSPS) is 14.7. The Bertz CT molecular complexity index is 980. The monoisotopic (exact) mass is 461 g/mol. The van der Waals surface area contributed by atoms with Gasteiger partial charge in [-0.1, -0.05) is 54.0 Å². The summed E-state index contributed by atoms with van der Waals surface area (Å²) in [4.78, 5) is 19.9. The SMILES string of the molecule is CC1=C(CN=O)C(C(C)C)=C(Sc2c(C)cc(Cl)cc2Cl)CN1Cc1ccncc1. The molecule has 0 saturated carbocycles. The van der Waals surface area contributed by atoms with Crippen LogP contribution in [0.3, 0.4) is 0 Å². The Morgan fingerprint density at radius 1 is 1.20 bits per heavy atom. The highest BCUT2D eigenvalue weighted by molar-refractivity contribution is 8.03. The first-order valence-corrected chi connectivity index (χ1v) is 11.4. The Kier molecular flexibility index (Phi) is 7.61. The van der Waals surface area contributed by atoms with Gasteiger partial charge in [0.15, 0.2) is 0 Å². The molecule has 1 aliphatic rings. The molecule has 0 N–H and O–H groups in total. The molecule has 1 aromatic heterocycles. The zero-order chi connectivity index (χ0) is 21.8. The summed E-state index contributed by atoms with van der Waals surface area (Å²) in [6, 6.07) is 7.73. The van der Waals surface area contributed by atoms with E-state index in [1.165, 1.54) is 16.0 Å². The molecule has 0 radical (unpaired) electrons. The van der Waals surface area contributed by atoms with Gasteiger partial charge in [-0.2, -0.15) is 4.91 Å². The van der Waals surface area contributed by atoms with Crippen molar-refractivity contribution in [3.8, 4) is 0 Å². The number of aromatic nitrogens is 1. The smallest absolute Gasteiger partial charge is 0.108 e. The van der Waals surface area contributed by atoms with Gasteiger partial charge >= 0.3 is 0 Å². The second-order valence-electron chi connectivity index (χ2n) is 7.69. The largest absolute Gasteiger partial charge is 0.366 e. The van der Waals surface area contributed by atoms with Crippen molar-refractivity contribution >= 4 is 35.0 Å². The highest BCUT2D eigenvalue weighted by Crippen LogP contribution is 2.44. The lowest BCUT2D eigenvalue weighted by molar-refractivity contribution is 0.357. The van der Waals surface area contributed by atoms with E-state index in [1.807, 2.05) is 25.1 Å². The number of pyridine rings is 1. The molecule has 0 aliphatic carbocycles. The van der Waals surface area contributed by atoms with Crippen molar-refractivity contribution in [1.29, 1.82) is 0 Å². The Balaban J connectivity index is 2.06. The minimum Gasteiger partial charge on any atom is -0.366 e.